The van der Waals surface area contributed by atoms with E-state index in [1.807, 2.05) is 32.9 Å². The molecule has 162 valence electrons. The molecule has 0 fully saturated rings. The van der Waals surface area contributed by atoms with E-state index in [-0.39, 0.29) is 11.2 Å². The molecule has 2 aromatic heterocycles. The van der Waals surface area contributed by atoms with Gasteiger partial charge in [-0.25, -0.2) is 4.98 Å². The van der Waals surface area contributed by atoms with Crippen LogP contribution in [0.3, 0.4) is 0 Å². The van der Waals surface area contributed by atoms with Gasteiger partial charge in [0.25, 0.3) is 0 Å². The zero-order valence-electron chi connectivity index (χ0n) is 17.9. The highest BCUT2D eigenvalue weighted by Gasteiger charge is 2.16. The van der Waals surface area contributed by atoms with Crippen LogP contribution in [0.15, 0.2) is 67.7 Å². The first kappa shape index (κ1) is 21.8. The van der Waals surface area contributed by atoms with Crippen LogP contribution in [0.1, 0.15) is 22.5 Å². The molecule has 1 N–H and O–H groups in total. The third-order valence-electron chi connectivity index (χ3n) is 4.53. The van der Waals surface area contributed by atoms with Crippen LogP contribution in [-0.2, 0) is 0 Å². The Kier molecular flexibility index (Phi) is 6.11. The zero-order chi connectivity index (χ0) is 22.8. The second-order valence-corrected chi connectivity index (χ2v) is 8.73. The fourth-order valence-corrected chi connectivity index (χ4v) is 4.15. The number of aryl methyl sites for hydroxylation is 4. The van der Waals surface area contributed by atoms with Crippen LogP contribution in [0, 0.1) is 27.7 Å². The van der Waals surface area contributed by atoms with Crippen molar-refractivity contribution in [2.45, 2.75) is 27.7 Å². The van der Waals surface area contributed by atoms with Crippen molar-refractivity contribution in [3.63, 3.8) is 0 Å². The first-order valence-corrected chi connectivity index (χ1v) is 11.0. The Bertz CT molecular complexity index is 1390. The van der Waals surface area contributed by atoms with Gasteiger partial charge in [-0.1, -0.05) is 35.1 Å². The molecule has 0 saturated heterocycles. The van der Waals surface area contributed by atoms with Crippen molar-refractivity contribution in [3.05, 3.63) is 80.4 Å². The van der Waals surface area contributed by atoms with Crippen molar-refractivity contribution in [1.29, 1.82) is 0 Å². The van der Waals surface area contributed by atoms with Crippen molar-refractivity contribution in [2.24, 2.45) is 20.5 Å². The Hall–Kier alpha value is -3.43. The van der Waals surface area contributed by atoms with Crippen molar-refractivity contribution in [2.75, 3.05) is 0 Å². The van der Waals surface area contributed by atoms with Gasteiger partial charge < -0.3 is 0 Å². The number of aromatic amines is 1. The molecule has 0 aliphatic carbocycles. The number of hydrogen-bond donors (Lipinski definition) is 1. The Labute approximate surface area is 193 Å². The van der Waals surface area contributed by atoms with Crippen LogP contribution in [0.5, 0.6) is 0 Å². The largest absolute Gasteiger partial charge is 0.301 e. The number of H-pyrrole nitrogens is 1. The maximum atomic E-state index is 13.0. The molecule has 8 nitrogen and oxygen atoms in total. The molecule has 0 aliphatic heterocycles. The summed E-state index contributed by atoms with van der Waals surface area (Å²) in [6.45, 7) is 7.57. The average molecular weight is 466 g/mol. The van der Waals surface area contributed by atoms with E-state index >= 15 is 0 Å². The minimum atomic E-state index is -0.331. The van der Waals surface area contributed by atoms with E-state index in [1.165, 1.54) is 16.0 Å². The Morgan fingerprint density at radius 3 is 2.38 bits per heavy atom. The van der Waals surface area contributed by atoms with Crippen molar-refractivity contribution >= 4 is 45.0 Å². The van der Waals surface area contributed by atoms with Gasteiger partial charge in [0, 0.05) is 5.02 Å². The number of thiazole rings is 1. The Balaban J connectivity index is 1.63. The van der Waals surface area contributed by atoms with Crippen LogP contribution >= 0.6 is 22.9 Å². The monoisotopic (exact) mass is 465 g/mol. The fraction of sp³-hybridized carbons (Fsp3) is 0.182. The molecule has 0 spiro atoms. The number of benzene rings is 2. The second-order valence-electron chi connectivity index (χ2n) is 7.34. The van der Waals surface area contributed by atoms with Crippen LogP contribution < -0.4 is 5.56 Å². The van der Waals surface area contributed by atoms with Crippen molar-refractivity contribution in [1.82, 2.24) is 14.8 Å². The number of nitrogens with zero attached hydrogens (tertiary/aromatic N) is 6. The summed E-state index contributed by atoms with van der Waals surface area (Å²) in [5, 5.41) is 21.6. The minimum Gasteiger partial charge on any atom is -0.291 e. The Morgan fingerprint density at radius 2 is 1.66 bits per heavy atom. The van der Waals surface area contributed by atoms with Gasteiger partial charge in [0.05, 0.1) is 22.8 Å². The summed E-state index contributed by atoms with van der Waals surface area (Å²) in [6, 6.07) is 13.0. The molecule has 2 heterocycles. The van der Waals surface area contributed by atoms with E-state index in [1.54, 1.807) is 31.2 Å². The van der Waals surface area contributed by atoms with Crippen LogP contribution in [-0.4, -0.2) is 14.8 Å². The SMILES string of the molecule is Cc1cc(C)cc(N=Nc2c(C)[nH]n(-c3nc(C)c(N=Nc4cccc(Cl)c4)s3)c2=O)c1. The third kappa shape index (κ3) is 4.74. The molecule has 0 amide bonds. The van der Waals surface area contributed by atoms with Crippen LogP contribution in [0.2, 0.25) is 5.02 Å². The van der Waals surface area contributed by atoms with Crippen LogP contribution in [0.4, 0.5) is 22.1 Å². The summed E-state index contributed by atoms with van der Waals surface area (Å²) < 4.78 is 1.35. The summed E-state index contributed by atoms with van der Waals surface area (Å²) in [7, 11) is 0. The van der Waals surface area contributed by atoms with E-state index in [2.05, 4.69) is 36.6 Å². The quantitative estimate of drug-likeness (QED) is 0.311. The minimum absolute atomic E-state index is 0.235. The lowest BCUT2D eigenvalue weighted by atomic mass is 10.1. The molecule has 10 heteroatoms. The highest BCUT2D eigenvalue weighted by molar-refractivity contribution is 7.17. The van der Waals surface area contributed by atoms with Gasteiger partial charge in [-0.05, 0) is 69.2 Å². The summed E-state index contributed by atoms with van der Waals surface area (Å²) in [4.78, 5) is 17.4. The first-order valence-electron chi connectivity index (χ1n) is 9.77. The maximum absolute atomic E-state index is 13.0. The van der Waals surface area contributed by atoms with Gasteiger partial charge in [0.1, 0.15) is 0 Å². The molecule has 0 aliphatic rings. The van der Waals surface area contributed by atoms with Crippen molar-refractivity contribution in [3.8, 4) is 5.13 Å². The molecule has 4 aromatic rings. The zero-order valence-corrected chi connectivity index (χ0v) is 19.5. The fourth-order valence-electron chi connectivity index (χ4n) is 3.11. The standard InChI is InChI=1S/C22H20ClN7OS/c1-12-8-13(2)10-18(9-12)26-27-19-14(3)29-30(21(19)31)22-24-15(4)20(32-22)28-25-17-7-5-6-16(23)11-17/h5-11,29H,1-4H3. The van der Waals surface area contributed by atoms with E-state index < -0.39 is 0 Å². The summed E-state index contributed by atoms with van der Waals surface area (Å²) in [6.07, 6.45) is 0. The van der Waals surface area contributed by atoms with E-state index in [9.17, 15) is 4.79 Å². The summed E-state index contributed by atoms with van der Waals surface area (Å²) in [5.74, 6) is 0. The third-order valence-corrected chi connectivity index (χ3v) is 5.79. The predicted molar refractivity (Wildman–Crippen MR) is 127 cm³/mol. The lowest BCUT2D eigenvalue weighted by Crippen LogP contribution is -2.13. The van der Waals surface area contributed by atoms with Gasteiger partial charge in [0.15, 0.2) is 10.7 Å². The maximum Gasteiger partial charge on any atom is 0.301 e. The molecule has 0 atom stereocenters. The predicted octanol–water partition coefficient (Wildman–Crippen LogP) is 7.34. The van der Waals surface area contributed by atoms with Crippen LogP contribution in [0.25, 0.3) is 5.13 Å². The normalized spacial score (nSPS) is 11.8. The molecule has 2 aromatic carbocycles. The van der Waals surface area contributed by atoms with Gasteiger partial charge >= 0.3 is 5.56 Å². The van der Waals surface area contributed by atoms with Gasteiger partial charge in [-0.15, -0.1) is 15.3 Å². The molecular formula is C22H20ClN7OS. The number of aromatic nitrogens is 3. The number of rotatable bonds is 5. The first-order chi connectivity index (χ1) is 15.3. The van der Waals surface area contributed by atoms with E-state index in [0.29, 0.717) is 37.9 Å². The van der Waals surface area contributed by atoms with Gasteiger partial charge in [0.2, 0.25) is 5.13 Å². The molecule has 32 heavy (non-hydrogen) atoms. The lowest BCUT2D eigenvalue weighted by molar-refractivity contribution is 0.823. The molecular weight excluding hydrogens is 446 g/mol. The number of hydrogen-bond acceptors (Lipinski definition) is 7. The van der Waals surface area contributed by atoms with Crippen molar-refractivity contribution < 1.29 is 0 Å². The average Bonchev–Trinajstić information content (AvgIpc) is 3.23. The molecule has 0 unspecified atom stereocenters. The smallest absolute Gasteiger partial charge is 0.291 e. The highest BCUT2D eigenvalue weighted by atomic mass is 35.5. The number of halogens is 1. The number of nitrogens with one attached hydrogen (secondary N) is 1. The molecule has 0 radical (unpaired) electrons. The molecule has 0 saturated carbocycles. The molecule has 4 rings (SSSR count). The topological polar surface area (TPSA) is 100 Å². The second kappa shape index (κ2) is 8.97. The number of azo groups is 2. The highest BCUT2D eigenvalue weighted by Crippen LogP contribution is 2.31. The summed E-state index contributed by atoms with van der Waals surface area (Å²) >= 11 is 7.23. The van der Waals surface area contributed by atoms with E-state index in [4.69, 9.17) is 11.6 Å². The van der Waals surface area contributed by atoms with Gasteiger partial charge in [-0.3, -0.25) is 9.89 Å². The summed E-state index contributed by atoms with van der Waals surface area (Å²) in [5.41, 5.74) is 4.66. The van der Waals surface area contributed by atoms with E-state index in [0.717, 1.165) is 11.1 Å². The Morgan fingerprint density at radius 1 is 0.938 bits per heavy atom. The van der Waals surface area contributed by atoms with Gasteiger partial charge in [-0.2, -0.15) is 9.80 Å². The molecule has 0 bridgehead atoms. The lowest BCUT2D eigenvalue weighted by Gasteiger charge is -1.98.